The zero-order valence-electron chi connectivity index (χ0n) is 10.2. The molecule has 0 fully saturated rings. The van der Waals surface area contributed by atoms with Crippen molar-refractivity contribution in [1.29, 1.82) is 0 Å². The Labute approximate surface area is 100 Å². The molecule has 0 atom stereocenters. The van der Waals surface area contributed by atoms with Crippen LogP contribution in [0.1, 0.15) is 5.56 Å². The van der Waals surface area contributed by atoms with Crippen LogP contribution in [-0.4, -0.2) is 23.9 Å². The minimum Gasteiger partial charge on any atom is -0.373 e. The molecular formula is C13H15N3O. The van der Waals surface area contributed by atoms with Crippen molar-refractivity contribution in [2.24, 2.45) is 0 Å². The molecule has 2 aromatic rings. The first-order valence-electron chi connectivity index (χ1n) is 5.43. The van der Waals surface area contributed by atoms with Crippen molar-refractivity contribution < 1.29 is 0 Å². The maximum absolute atomic E-state index is 12.3. The van der Waals surface area contributed by atoms with Crippen LogP contribution in [0.4, 0.5) is 5.69 Å². The Hall–Kier alpha value is -2.10. The summed E-state index contributed by atoms with van der Waals surface area (Å²) in [6, 6.07) is 9.42. The van der Waals surface area contributed by atoms with Crippen molar-refractivity contribution >= 4 is 5.69 Å². The number of aryl methyl sites for hydroxylation is 1. The van der Waals surface area contributed by atoms with Crippen LogP contribution in [0.15, 0.2) is 41.3 Å². The van der Waals surface area contributed by atoms with Gasteiger partial charge in [-0.25, -0.2) is 0 Å². The first-order chi connectivity index (χ1) is 8.11. The number of anilines is 1. The molecular weight excluding hydrogens is 214 g/mol. The van der Waals surface area contributed by atoms with E-state index in [2.05, 4.69) is 5.10 Å². The Balaban J connectivity index is 2.66. The Morgan fingerprint density at radius 1 is 1.18 bits per heavy atom. The van der Waals surface area contributed by atoms with Gasteiger partial charge in [-0.2, -0.15) is 9.78 Å². The fourth-order valence-corrected chi connectivity index (χ4v) is 1.82. The van der Waals surface area contributed by atoms with Crippen LogP contribution in [0.5, 0.6) is 0 Å². The zero-order chi connectivity index (χ0) is 12.4. The van der Waals surface area contributed by atoms with Crippen molar-refractivity contribution in [3.8, 4) is 5.69 Å². The second-order valence-corrected chi connectivity index (χ2v) is 4.12. The molecule has 0 spiro atoms. The van der Waals surface area contributed by atoms with Crippen molar-refractivity contribution in [2.75, 3.05) is 19.0 Å². The van der Waals surface area contributed by atoms with Gasteiger partial charge < -0.3 is 4.90 Å². The summed E-state index contributed by atoms with van der Waals surface area (Å²) < 4.78 is 1.42. The van der Waals surface area contributed by atoms with Crippen molar-refractivity contribution in [2.45, 2.75) is 6.92 Å². The van der Waals surface area contributed by atoms with Gasteiger partial charge in [0.05, 0.1) is 11.9 Å². The summed E-state index contributed by atoms with van der Waals surface area (Å²) in [6.07, 6.45) is 1.71. The average Bonchev–Trinajstić information content (AvgIpc) is 2.30. The Kier molecular flexibility index (Phi) is 2.95. The van der Waals surface area contributed by atoms with Crippen LogP contribution in [0.25, 0.3) is 5.69 Å². The fourth-order valence-electron chi connectivity index (χ4n) is 1.82. The van der Waals surface area contributed by atoms with E-state index >= 15 is 0 Å². The van der Waals surface area contributed by atoms with Gasteiger partial charge in [-0.1, -0.05) is 18.2 Å². The number of rotatable bonds is 2. The molecule has 1 heterocycles. The van der Waals surface area contributed by atoms with E-state index in [1.807, 2.05) is 56.3 Å². The van der Waals surface area contributed by atoms with Gasteiger partial charge in [0.2, 0.25) is 0 Å². The number of benzene rings is 1. The summed E-state index contributed by atoms with van der Waals surface area (Å²) in [5.41, 5.74) is 2.23. The zero-order valence-corrected chi connectivity index (χ0v) is 10.2. The predicted molar refractivity (Wildman–Crippen MR) is 68.9 cm³/mol. The number of hydrogen-bond acceptors (Lipinski definition) is 3. The van der Waals surface area contributed by atoms with E-state index in [9.17, 15) is 4.79 Å². The molecule has 0 bridgehead atoms. The summed E-state index contributed by atoms with van der Waals surface area (Å²) in [6.45, 7) is 1.89. The molecule has 0 amide bonds. The van der Waals surface area contributed by atoms with E-state index in [4.69, 9.17) is 0 Å². The van der Waals surface area contributed by atoms with Gasteiger partial charge in [0.25, 0.3) is 5.56 Å². The lowest BCUT2D eigenvalue weighted by molar-refractivity contribution is 0.794. The topological polar surface area (TPSA) is 38.1 Å². The molecule has 88 valence electrons. The van der Waals surface area contributed by atoms with Gasteiger partial charge in [0.15, 0.2) is 0 Å². The highest BCUT2D eigenvalue weighted by molar-refractivity contribution is 5.50. The third-order valence-electron chi connectivity index (χ3n) is 2.58. The summed E-state index contributed by atoms with van der Waals surface area (Å²) in [5.74, 6) is 0. The van der Waals surface area contributed by atoms with Crippen molar-refractivity contribution in [3.63, 3.8) is 0 Å². The van der Waals surface area contributed by atoms with Gasteiger partial charge in [-0.15, -0.1) is 0 Å². The molecule has 1 aromatic carbocycles. The third-order valence-corrected chi connectivity index (χ3v) is 2.58. The van der Waals surface area contributed by atoms with E-state index in [-0.39, 0.29) is 5.56 Å². The lowest BCUT2D eigenvalue weighted by Gasteiger charge is -2.15. The smallest absolute Gasteiger partial charge is 0.295 e. The van der Waals surface area contributed by atoms with Crippen molar-refractivity contribution in [3.05, 3.63) is 52.4 Å². The highest BCUT2D eigenvalue weighted by Crippen LogP contribution is 2.11. The number of para-hydroxylation sites is 1. The molecule has 17 heavy (non-hydrogen) atoms. The molecule has 0 aliphatic rings. The number of nitrogens with zero attached hydrogens (tertiary/aromatic N) is 3. The highest BCUT2D eigenvalue weighted by atomic mass is 16.1. The lowest BCUT2D eigenvalue weighted by atomic mass is 10.2. The molecule has 4 heteroatoms. The van der Waals surface area contributed by atoms with E-state index in [0.29, 0.717) is 5.69 Å². The molecule has 0 saturated carbocycles. The molecule has 0 aliphatic heterocycles. The van der Waals surface area contributed by atoms with Gasteiger partial charge in [-0.05, 0) is 24.6 Å². The van der Waals surface area contributed by atoms with Crippen LogP contribution < -0.4 is 10.5 Å². The Morgan fingerprint density at radius 3 is 2.41 bits per heavy atom. The van der Waals surface area contributed by atoms with Crippen LogP contribution in [0.2, 0.25) is 0 Å². The minimum absolute atomic E-state index is 0.0961. The fraction of sp³-hybridized carbons (Fsp3) is 0.231. The van der Waals surface area contributed by atoms with Crippen molar-refractivity contribution in [1.82, 2.24) is 9.78 Å². The van der Waals surface area contributed by atoms with Crippen LogP contribution >= 0.6 is 0 Å². The van der Waals surface area contributed by atoms with Gasteiger partial charge >= 0.3 is 0 Å². The number of aromatic nitrogens is 2. The van der Waals surface area contributed by atoms with E-state index in [1.165, 1.54) is 4.68 Å². The first kappa shape index (κ1) is 11.4. The highest BCUT2D eigenvalue weighted by Gasteiger charge is 2.10. The van der Waals surface area contributed by atoms with Gasteiger partial charge in [0, 0.05) is 14.1 Å². The molecule has 0 radical (unpaired) electrons. The van der Waals surface area contributed by atoms with Gasteiger partial charge in [0.1, 0.15) is 5.69 Å². The molecule has 0 unspecified atom stereocenters. The standard InChI is InChI=1S/C13H15N3O/c1-10-9-14-16(11-7-5-4-6-8-11)13(17)12(10)15(2)3/h4-9H,1-3H3. The summed E-state index contributed by atoms with van der Waals surface area (Å²) in [4.78, 5) is 14.1. The molecule has 1 aromatic heterocycles. The normalized spacial score (nSPS) is 10.3. The maximum atomic E-state index is 12.3. The van der Waals surface area contributed by atoms with E-state index < -0.39 is 0 Å². The summed E-state index contributed by atoms with van der Waals surface area (Å²) in [7, 11) is 3.72. The quantitative estimate of drug-likeness (QED) is 0.785. The van der Waals surface area contributed by atoms with E-state index in [0.717, 1.165) is 11.3 Å². The largest absolute Gasteiger partial charge is 0.373 e. The average molecular weight is 229 g/mol. The molecule has 0 saturated heterocycles. The van der Waals surface area contributed by atoms with Crippen LogP contribution in [0.3, 0.4) is 0 Å². The first-order valence-corrected chi connectivity index (χ1v) is 5.43. The monoisotopic (exact) mass is 229 g/mol. The SMILES string of the molecule is Cc1cnn(-c2ccccc2)c(=O)c1N(C)C. The Morgan fingerprint density at radius 2 is 1.82 bits per heavy atom. The maximum Gasteiger partial charge on any atom is 0.295 e. The second kappa shape index (κ2) is 4.41. The van der Waals surface area contributed by atoms with Gasteiger partial charge in [-0.3, -0.25) is 4.79 Å². The lowest BCUT2D eigenvalue weighted by Crippen LogP contribution is -2.28. The van der Waals surface area contributed by atoms with E-state index in [1.54, 1.807) is 6.20 Å². The minimum atomic E-state index is -0.0961. The summed E-state index contributed by atoms with van der Waals surface area (Å²) in [5, 5.41) is 4.17. The summed E-state index contributed by atoms with van der Waals surface area (Å²) >= 11 is 0. The van der Waals surface area contributed by atoms with Crippen LogP contribution in [-0.2, 0) is 0 Å². The predicted octanol–water partition coefficient (Wildman–Crippen LogP) is 1.61. The van der Waals surface area contributed by atoms with Crippen LogP contribution in [0, 0.1) is 6.92 Å². The molecule has 4 nitrogen and oxygen atoms in total. The third kappa shape index (κ3) is 2.06. The second-order valence-electron chi connectivity index (χ2n) is 4.12. The molecule has 0 aliphatic carbocycles. The Bertz CT molecular complexity index is 573. The molecule has 0 N–H and O–H groups in total. The molecule has 2 rings (SSSR count). The number of hydrogen-bond donors (Lipinski definition) is 0.